The third-order valence-corrected chi connectivity index (χ3v) is 4.37. The number of aromatic nitrogens is 2. The fourth-order valence-corrected chi connectivity index (χ4v) is 3.13. The second-order valence-corrected chi connectivity index (χ2v) is 6.82. The van der Waals surface area contributed by atoms with Gasteiger partial charge in [-0.2, -0.15) is 11.8 Å². The van der Waals surface area contributed by atoms with Crippen molar-refractivity contribution in [2.75, 3.05) is 12.0 Å². The molecule has 5 heteroatoms. The van der Waals surface area contributed by atoms with E-state index in [1.807, 2.05) is 24.8 Å². The van der Waals surface area contributed by atoms with Gasteiger partial charge in [-0.25, -0.2) is 9.37 Å². The van der Waals surface area contributed by atoms with Crippen LogP contribution in [0.25, 0.3) is 11.0 Å². The number of aryl methyl sites for hydroxylation is 1. The lowest BCUT2D eigenvalue weighted by atomic mass is 10.2. The van der Waals surface area contributed by atoms with E-state index in [0.717, 1.165) is 23.5 Å². The number of imidazole rings is 1. The molecule has 0 spiro atoms. The Morgan fingerprint density at radius 3 is 2.70 bits per heavy atom. The highest BCUT2D eigenvalue weighted by atomic mass is 35.5. The molecule has 20 heavy (non-hydrogen) atoms. The monoisotopic (exact) mass is 314 g/mol. The normalized spacial score (nSPS) is 14.7. The molecule has 0 N–H and O–H groups in total. The van der Waals surface area contributed by atoms with Crippen molar-refractivity contribution in [3.63, 3.8) is 0 Å². The van der Waals surface area contributed by atoms with Gasteiger partial charge in [-0.15, -0.1) is 11.6 Å². The van der Waals surface area contributed by atoms with Crippen LogP contribution in [0.1, 0.15) is 43.1 Å². The SMILES string of the molecule is CSCCC(C)n1c(C(C)Cl)nc2cc(F)c(C)cc21. The minimum atomic E-state index is -0.215. The van der Waals surface area contributed by atoms with Crippen molar-refractivity contribution in [3.8, 4) is 0 Å². The van der Waals surface area contributed by atoms with Gasteiger partial charge in [0.1, 0.15) is 11.6 Å². The molecule has 0 fully saturated rings. The van der Waals surface area contributed by atoms with E-state index in [1.165, 1.54) is 6.07 Å². The van der Waals surface area contributed by atoms with Crippen molar-refractivity contribution in [1.29, 1.82) is 0 Å². The molecule has 0 saturated carbocycles. The Labute approximate surface area is 128 Å². The third kappa shape index (κ3) is 2.96. The number of rotatable bonds is 5. The molecule has 1 aromatic heterocycles. The highest BCUT2D eigenvalue weighted by molar-refractivity contribution is 7.98. The van der Waals surface area contributed by atoms with Crippen LogP contribution in [-0.4, -0.2) is 21.6 Å². The quantitative estimate of drug-likeness (QED) is 0.715. The van der Waals surface area contributed by atoms with Crippen molar-refractivity contribution in [1.82, 2.24) is 9.55 Å². The summed E-state index contributed by atoms with van der Waals surface area (Å²) < 4.78 is 15.9. The Balaban J connectivity index is 2.58. The Hall–Kier alpha value is -0.740. The maximum Gasteiger partial charge on any atom is 0.128 e. The minimum Gasteiger partial charge on any atom is -0.324 e. The molecule has 2 nitrogen and oxygen atoms in total. The van der Waals surface area contributed by atoms with Gasteiger partial charge in [0.2, 0.25) is 0 Å². The average molecular weight is 315 g/mol. The number of fused-ring (bicyclic) bond motifs is 1. The van der Waals surface area contributed by atoms with Gasteiger partial charge in [0.05, 0.1) is 16.4 Å². The Morgan fingerprint density at radius 2 is 2.10 bits per heavy atom. The standard InChI is InChI=1S/C15H20ClFN2S/c1-9-7-14-13(8-12(9)17)18-15(11(3)16)19(14)10(2)5-6-20-4/h7-8,10-11H,5-6H2,1-4H3. The minimum absolute atomic E-state index is 0.192. The van der Waals surface area contributed by atoms with Crippen molar-refractivity contribution >= 4 is 34.4 Å². The Bertz CT molecular complexity index is 609. The molecule has 0 bridgehead atoms. The second-order valence-electron chi connectivity index (χ2n) is 5.18. The van der Waals surface area contributed by atoms with Crippen molar-refractivity contribution in [3.05, 3.63) is 29.3 Å². The summed E-state index contributed by atoms with van der Waals surface area (Å²) in [6, 6.07) is 3.68. The summed E-state index contributed by atoms with van der Waals surface area (Å²) >= 11 is 8.08. The number of hydrogen-bond donors (Lipinski definition) is 0. The lowest BCUT2D eigenvalue weighted by molar-refractivity contribution is 0.525. The molecule has 1 heterocycles. The first-order chi connectivity index (χ1) is 9.45. The van der Waals surface area contributed by atoms with Crippen LogP contribution < -0.4 is 0 Å². The Kier molecular flexibility index (Phi) is 4.97. The Morgan fingerprint density at radius 1 is 1.40 bits per heavy atom. The van der Waals surface area contributed by atoms with E-state index < -0.39 is 0 Å². The van der Waals surface area contributed by atoms with E-state index >= 15 is 0 Å². The molecular formula is C15H20ClFN2S. The lowest BCUT2D eigenvalue weighted by Crippen LogP contribution is -2.11. The van der Waals surface area contributed by atoms with Crippen molar-refractivity contribution < 1.29 is 4.39 Å². The number of halogens is 2. The molecule has 2 unspecified atom stereocenters. The second kappa shape index (κ2) is 6.35. The lowest BCUT2D eigenvalue weighted by Gasteiger charge is -2.18. The van der Waals surface area contributed by atoms with Crippen LogP contribution in [0.15, 0.2) is 12.1 Å². The fourth-order valence-electron chi connectivity index (χ4n) is 2.40. The average Bonchev–Trinajstić information content (AvgIpc) is 2.75. The number of alkyl halides is 1. The third-order valence-electron chi connectivity index (χ3n) is 3.53. The van der Waals surface area contributed by atoms with Gasteiger partial charge >= 0.3 is 0 Å². The highest BCUT2D eigenvalue weighted by Crippen LogP contribution is 2.30. The van der Waals surface area contributed by atoms with Crippen LogP contribution in [-0.2, 0) is 0 Å². The molecule has 1 aromatic carbocycles. The molecule has 0 saturated heterocycles. The zero-order valence-electron chi connectivity index (χ0n) is 12.3. The summed E-state index contributed by atoms with van der Waals surface area (Å²) in [4.78, 5) is 4.53. The summed E-state index contributed by atoms with van der Waals surface area (Å²) in [5, 5.41) is -0.192. The van der Waals surface area contributed by atoms with Gasteiger partial charge in [0.25, 0.3) is 0 Å². The predicted molar refractivity (Wildman–Crippen MR) is 86.4 cm³/mol. The zero-order chi connectivity index (χ0) is 14.9. The zero-order valence-corrected chi connectivity index (χ0v) is 13.9. The maximum absolute atomic E-state index is 13.7. The molecule has 110 valence electrons. The van der Waals surface area contributed by atoms with Crippen molar-refractivity contribution in [2.45, 2.75) is 38.6 Å². The van der Waals surface area contributed by atoms with E-state index in [0.29, 0.717) is 17.1 Å². The van der Waals surface area contributed by atoms with Gasteiger partial charge < -0.3 is 4.57 Å². The van der Waals surface area contributed by atoms with Gasteiger partial charge in [-0.1, -0.05) is 0 Å². The number of nitrogens with zero attached hydrogens (tertiary/aromatic N) is 2. The fraction of sp³-hybridized carbons (Fsp3) is 0.533. The number of hydrogen-bond acceptors (Lipinski definition) is 2. The first-order valence-electron chi connectivity index (χ1n) is 6.76. The molecule has 2 atom stereocenters. The van der Waals surface area contributed by atoms with E-state index in [9.17, 15) is 4.39 Å². The first-order valence-corrected chi connectivity index (χ1v) is 8.59. The van der Waals surface area contributed by atoms with Gasteiger partial charge in [-0.3, -0.25) is 0 Å². The van der Waals surface area contributed by atoms with Gasteiger partial charge in [-0.05, 0) is 50.8 Å². The predicted octanol–water partition coefficient (Wildman–Crippen LogP) is 5.10. The highest BCUT2D eigenvalue weighted by Gasteiger charge is 2.19. The summed E-state index contributed by atoms with van der Waals surface area (Å²) in [6.07, 6.45) is 3.14. The van der Waals surface area contributed by atoms with Crippen LogP contribution in [0.3, 0.4) is 0 Å². The van der Waals surface area contributed by atoms with Gasteiger partial charge in [0.15, 0.2) is 0 Å². The molecule has 0 aliphatic rings. The molecule has 2 aromatic rings. The van der Waals surface area contributed by atoms with Crippen LogP contribution >= 0.6 is 23.4 Å². The summed E-state index contributed by atoms with van der Waals surface area (Å²) in [7, 11) is 0. The summed E-state index contributed by atoms with van der Waals surface area (Å²) in [5.74, 6) is 1.69. The largest absolute Gasteiger partial charge is 0.324 e. The number of thioether (sulfide) groups is 1. The molecule has 0 radical (unpaired) electrons. The van der Waals surface area contributed by atoms with E-state index in [-0.39, 0.29) is 11.2 Å². The topological polar surface area (TPSA) is 17.8 Å². The molecule has 2 rings (SSSR count). The van der Waals surface area contributed by atoms with Crippen LogP contribution in [0, 0.1) is 12.7 Å². The van der Waals surface area contributed by atoms with E-state index in [4.69, 9.17) is 11.6 Å². The first kappa shape index (κ1) is 15.6. The summed E-state index contributed by atoms with van der Waals surface area (Å²) in [6.45, 7) is 5.85. The van der Waals surface area contributed by atoms with E-state index in [1.54, 1.807) is 6.92 Å². The summed E-state index contributed by atoms with van der Waals surface area (Å²) in [5.41, 5.74) is 2.30. The van der Waals surface area contributed by atoms with E-state index in [2.05, 4.69) is 22.7 Å². The van der Waals surface area contributed by atoms with Crippen molar-refractivity contribution in [2.24, 2.45) is 0 Å². The van der Waals surface area contributed by atoms with Gasteiger partial charge in [0, 0.05) is 12.1 Å². The molecule has 0 amide bonds. The molecular weight excluding hydrogens is 295 g/mol. The van der Waals surface area contributed by atoms with Crippen LogP contribution in [0.4, 0.5) is 4.39 Å². The van der Waals surface area contributed by atoms with Crippen LogP contribution in [0.5, 0.6) is 0 Å². The maximum atomic E-state index is 13.7. The van der Waals surface area contributed by atoms with Crippen LogP contribution in [0.2, 0.25) is 0 Å². The number of benzene rings is 1. The smallest absolute Gasteiger partial charge is 0.128 e. The molecule has 0 aliphatic heterocycles. The molecule has 0 aliphatic carbocycles.